The molecule has 0 heterocycles. The molecule has 100 valence electrons. The van der Waals surface area contributed by atoms with E-state index >= 15 is 0 Å². The van der Waals surface area contributed by atoms with Crippen molar-refractivity contribution in [3.05, 3.63) is 29.8 Å². The third-order valence-electron chi connectivity index (χ3n) is 2.44. The lowest BCUT2D eigenvalue weighted by molar-refractivity contribution is 0.0496. The van der Waals surface area contributed by atoms with Gasteiger partial charge in [0.25, 0.3) is 0 Å². The van der Waals surface area contributed by atoms with E-state index < -0.39 is 0 Å². The lowest BCUT2D eigenvalue weighted by Gasteiger charge is -2.06. The van der Waals surface area contributed by atoms with Crippen LogP contribution in [0.25, 0.3) is 0 Å². The van der Waals surface area contributed by atoms with Crippen molar-refractivity contribution in [1.82, 2.24) is 0 Å². The molecule has 0 atom stereocenters. The van der Waals surface area contributed by atoms with Crippen molar-refractivity contribution >= 4 is 5.97 Å². The molecule has 0 aliphatic heterocycles. The summed E-state index contributed by atoms with van der Waals surface area (Å²) in [5.41, 5.74) is 0.528. The molecule has 1 N–H and O–H groups in total. The summed E-state index contributed by atoms with van der Waals surface area (Å²) in [6.45, 7) is 3.10. The summed E-state index contributed by atoms with van der Waals surface area (Å²) in [7, 11) is 0. The van der Waals surface area contributed by atoms with E-state index in [2.05, 4.69) is 0 Å². The van der Waals surface area contributed by atoms with Gasteiger partial charge in [-0.25, -0.2) is 4.79 Å². The maximum absolute atomic E-state index is 11.6. The van der Waals surface area contributed by atoms with Crippen LogP contribution >= 0.6 is 0 Å². The molecule has 0 spiro atoms. The van der Waals surface area contributed by atoms with Crippen LogP contribution < -0.4 is 4.74 Å². The Morgan fingerprint density at radius 3 is 2.50 bits per heavy atom. The zero-order chi connectivity index (χ0) is 13.2. The molecule has 0 aliphatic rings. The van der Waals surface area contributed by atoms with Gasteiger partial charge < -0.3 is 14.6 Å². The first kappa shape index (κ1) is 14.5. The van der Waals surface area contributed by atoms with Crippen LogP contribution in [0.1, 0.15) is 36.5 Å². The van der Waals surface area contributed by atoms with Crippen LogP contribution in [0, 0.1) is 0 Å². The predicted molar refractivity (Wildman–Crippen MR) is 68.8 cm³/mol. The first-order valence-electron chi connectivity index (χ1n) is 6.28. The Kier molecular flexibility index (Phi) is 6.87. The Morgan fingerprint density at radius 2 is 1.89 bits per heavy atom. The van der Waals surface area contributed by atoms with E-state index in [0.717, 1.165) is 25.0 Å². The van der Waals surface area contributed by atoms with Crippen LogP contribution in [0.4, 0.5) is 0 Å². The maximum Gasteiger partial charge on any atom is 0.338 e. The van der Waals surface area contributed by atoms with Gasteiger partial charge in [0, 0.05) is 6.61 Å². The van der Waals surface area contributed by atoms with E-state index in [4.69, 9.17) is 14.6 Å². The number of rotatable bonds is 8. The lowest BCUT2D eigenvalue weighted by atomic mass is 10.2. The van der Waals surface area contributed by atoms with Crippen molar-refractivity contribution in [1.29, 1.82) is 0 Å². The number of aliphatic hydroxyl groups excluding tert-OH is 1. The van der Waals surface area contributed by atoms with Gasteiger partial charge in [0.05, 0.1) is 18.8 Å². The summed E-state index contributed by atoms with van der Waals surface area (Å²) >= 11 is 0. The second kappa shape index (κ2) is 8.53. The highest BCUT2D eigenvalue weighted by atomic mass is 16.5. The number of esters is 1. The number of aliphatic hydroxyl groups is 1. The summed E-state index contributed by atoms with van der Waals surface area (Å²) < 4.78 is 10.4. The van der Waals surface area contributed by atoms with Crippen molar-refractivity contribution in [3.63, 3.8) is 0 Å². The monoisotopic (exact) mass is 252 g/mol. The Bertz CT molecular complexity index is 345. The average Bonchev–Trinajstić information content (AvgIpc) is 2.39. The molecule has 0 radical (unpaired) electrons. The second-order valence-corrected chi connectivity index (χ2v) is 3.88. The van der Waals surface area contributed by atoms with Gasteiger partial charge in [-0.3, -0.25) is 0 Å². The number of benzene rings is 1. The molecule has 0 aliphatic carbocycles. The van der Waals surface area contributed by atoms with Crippen molar-refractivity contribution < 1.29 is 19.4 Å². The highest BCUT2D eigenvalue weighted by Gasteiger charge is 2.06. The molecule has 1 aromatic rings. The van der Waals surface area contributed by atoms with E-state index in [1.54, 1.807) is 24.3 Å². The molecular weight excluding hydrogens is 232 g/mol. The summed E-state index contributed by atoms with van der Waals surface area (Å²) in [6.07, 6.45) is 2.40. The van der Waals surface area contributed by atoms with Crippen LogP contribution in [0.3, 0.4) is 0 Å². The highest BCUT2D eigenvalue weighted by molar-refractivity contribution is 5.89. The van der Waals surface area contributed by atoms with Gasteiger partial charge in [0.2, 0.25) is 0 Å². The van der Waals surface area contributed by atoms with E-state index in [1.165, 1.54) is 0 Å². The summed E-state index contributed by atoms with van der Waals surface area (Å²) in [6, 6.07) is 6.90. The standard InChI is InChI=1S/C14H20O4/c1-2-17-13-8-6-12(7-9-13)14(16)18-11-5-3-4-10-15/h6-9,15H,2-5,10-11H2,1H3. The smallest absolute Gasteiger partial charge is 0.338 e. The summed E-state index contributed by atoms with van der Waals surface area (Å²) in [4.78, 5) is 11.6. The average molecular weight is 252 g/mol. The number of carbonyl (C=O) groups is 1. The van der Waals surface area contributed by atoms with Gasteiger partial charge in [0.1, 0.15) is 5.75 Å². The van der Waals surface area contributed by atoms with E-state index in [9.17, 15) is 4.79 Å². The molecule has 0 saturated carbocycles. The molecule has 0 bridgehead atoms. The number of ether oxygens (including phenoxy) is 2. The molecule has 1 rings (SSSR count). The van der Waals surface area contributed by atoms with Crippen LogP contribution in [0.15, 0.2) is 24.3 Å². The minimum absolute atomic E-state index is 0.187. The van der Waals surface area contributed by atoms with E-state index in [-0.39, 0.29) is 12.6 Å². The van der Waals surface area contributed by atoms with E-state index in [0.29, 0.717) is 18.8 Å². The summed E-state index contributed by atoms with van der Waals surface area (Å²) in [5.74, 6) is 0.430. The SMILES string of the molecule is CCOc1ccc(C(=O)OCCCCCO)cc1. The molecular formula is C14H20O4. The Labute approximate surface area is 108 Å². The fourth-order valence-electron chi connectivity index (χ4n) is 1.49. The van der Waals surface area contributed by atoms with Gasteiger partial charge in [-0.2, -0.15) is 0 Å². The first-order chi connectivity index (χ1) is 8.77. The van der Waals surface area contributed by atoms with Crippen molar-refractivity contribution in [3.8, 4) is 5.75 Å². The molecule has 4 heteroatoms. The van der Waals surface area contributed by atoms with E-state index in [1.807, 2.05) is 6.92 Å². The number of hydrogen-bond acceptors (Lipinski definition) is 4. The molecule has 0 unspecified atom stereocenters. The zero-order valence-electron chi connectivity index (χ0n) is 10.7. The van der Waals surface area contributed by atoms with Crippen LogP contribution in [0.5, 0.6) is 5.75 Å². The van der Waals surface area contributed by atoms with Gasteiger partial charge in [-0.1, -0.05) is 0 Å². The predicted octanol–water partition coefficient (Wildman–Crippen LogP) is 2.40. The second-order valence-electron chi connectivity index (χ2n) is 3.88. The summed E-state index contributed by atoms with van der Waals surface area (Å²) in [5, 5.41) is 8.60. The number of unbranched alkanes of at least 4 members (excludes halogenated alkanes) is 2. The van der Waals surface area contributed by atoms with Crippen molar-refractivity contribution in [2.75, 3.05) is 19.8 Å². The van der Waals surface area contributed by atoms with Crippen LogP contribution in [-0.4, -0.2) is 30.9 Å². The molecule has 0 saturated heterocycles. The quantitative estimate of drug-likeness (QED) is 0.570. The fraction of sp³-hybridized carbons (Fsp3) is 0.500. The lowest BCUT2D eigenvalue weighted by Crippen LogP contribution is -2.06. The van der Waals surface area contributed by atoms with Crippen molar-refractivity contribution in [2.24, 2.45) is 0 Å². The van der Waals surface area contributed by atoms with Crippen LogP contribution in [0.2, 0.25) is 0 Å². The van der Waals surface area contributed by atoms with Gasteiger partial charge >= 0.3 is 5.97 Å². The molecule has 18 heavy (non-hydrogen) atoms. The first-order valence-corrected chi connectivity index (χ1v) is 6.28. The van der Waals surface area contributed by atoms with Gasteiger partial charge in [-0.05, 0) is 50.5 Å². The molecule has 0 fully saturated rings. The molecule has 0 aromatic heterocycles. The molecule has 0 amide bonds. The normalized spacial score (nSPS) is 10.1. The maximum atomic E-state index is 11.6. The minimum Gasteiger partial charge on any atom is -0.494 e. The van der Waals surface area contributed by atoms with Gasteiger partial charge in [-0.15, -0.1) is 0 Å². The fourth-order valence-corrected chi connectivity index (χ4v) is 1.49. The Morgan fingerprint density at radius 1 is 1.17 bits per heavy atom. The minimum atomic E-state index is -0.318. The third kappa shape index (κ3) is 5.19. The molecule has 4 nitrogen and oxygen atoms in total. The Balaban J connectivity index is 2.32. The van der Waals surface area contributed by atoms with Crippen molar-refractivity contribution in [2.45, 2.75) is 26.2 Å². The third-order valence-corrected chi connectivity index (χ3v) is 2.44. The Hall–Kier alpha value is -1.55. The topological polar surface area (TPSA) is 55.8 Å². The van der Waals surface area contributed by atoms with Gasteiger partial charge in [0.15, 0.2) is 0 Å². The molecule has 1 aromatic carbocycles. The number of hydrogen-bond donors (Lipinski definition) is 1. The number of carbonyl (C=O) groups excluding carboxylic acids is 1. The largest absolute Gasteiger partial charge is 0.494 e. The zero-order valence-corrected chi connectivity index (χ0v) is 10.7. The van der Waals surface area contributed by atoms with Crippen LogP contribution in [-0.2, 0) is 4.74 Å². The highest BCUT2D eigenvalue weighted by Crippen LogP contribution is 2.13.